The van der Waals surface area contributed by atoms with Crippen LogP contribution in [0.2, 0.25) is 0 Å². The maximum atomic E-state index is 13.6. The summed E-state index contributed by atoms with van der Waals surface area (Å²) >= 11 is 0. The Bertz CT molecular complexity index is 870. The van der Waals surface area contributed by atoms with Gasteiger partial charge in [-0.15, -0.1) is 10.2 Å². The molecule has 150 valence electrons. The van der Waals surface area contributed by atoms with E-state index in [2.05, 4.69) is 10.2 Å². The Hall–Kier alpha value is -2.97. The van der Waals surface area contributed by atoms with E-state index >= 15 is 0 Å². The van der Waals surface area contributed by atoms with Crippen molar-refractivity contribution in [2.75, 3.05) is 30.3 Å². The second kappa shape index (κ2) is 8.37. The van der Waals surface area contributed by atoms with Crippen LogP contribution >= 0.6 is 0 Å². The summed E-state index contributed by atoms with van der Waals surface area (Å²) in [5, 5.41) is 17.7. The Balaban J connectivity index is 1.76. The predicted octanol–water partition coefficient (Wildman–Crippen LogP) is 2.88. The number of piperidine rings is 1. The minimum absolute atomic E-state index is 0.0323. The number of phenolic OH excluding ortho intramolecular Hbond substituents is 1. The highest BCUT2D eigenvalue weighted by molar-refractivity contribution is 5.74. The van der Waals surface area contributed by atoms with Crippen LogP contribution in [0.15, 0.2) is 18.2 Å². The average Bonchev–Trinajstić information content (AvgIpc) is 2.66. The Kier molecular flexibility index (Phi) is 5.91. The average molecular weight is 392 g/mol. The molecule has 0 atom stereocenters. The van der Waals surface area contributed by atoms with E-state index in [0.717, 1.165) is 18.9 Å². The molecule has 7 nitrogen and oxygen atoms in total. The van der Waals surface area contributed by atoms with Crippen molar-refractivity contribution in [1.29, 1.82) is 0 Å². The normalized spacial score (nSPS) is 14.9. The summed E-state index contributed by atoms with van der Waals surface area (Å²) < 4.78 is 31.8. The maximum Gasteiger partial charge on any atom is 0.306 e. The molecule has 0 unspecified atom stereocenters. The molecule has 1 aromatic carbocycles. The number of hydrogen-bond acceptors (Lipinski definition) is 7. The number of phenols is 1. The highest BCUT2D eigenvalue weighted by Gasteiger charge is 2.24. The third-order valence-electron chi connectivity index (χ3n) is 4.83. The van der Waals surface area contributed by atoms with E-state index in [1.807, 2.05) is 4.90 Å². The predicted molar refractivity (Wildman–Crippen MR) is 99.6 cm³/mol. The molecule has 0 amide bonds. The summed E-state index contributed by atoms with van der Waals surface area (Å²) in [5.41, 5.74) is 6.78. The molecule has 3 rings (SSSR count). The van der Waals surface area contributed by atoms with Gasteiger partial charge in [-0.05, 0) is 37.8 Å². The van der Waals surface area contributed by atoms with Crippen molar-refractivity contribution in [1.82, 2.24) is 10.2 Å². The second-order valence-electron chi connectivity index (χ2n) is 6.72. The highest BCUT2D eigenvalue weighted by Crippen LogP contribution is 2.34. The molecule has 28 heavy (non-hydrogen) atoms. The summed E-state index contributed by atoms with van der Waals surface area (Å²) in [5.74, 6) is -2.42. The van der Waals surface area contributed by atoms with Crippen LogP contribution in [-0.4, -0.2) is 41.0 Å². The van der Waals surface area contributed by atoms with Crippen LogP contribution in [0, 0.1) is 17.6 Å². The molecule has 1 saturated heterocycles. The van der Waals surface area contributed by atoms with Crippen LogP contribution in [0.3, 0.4) is 0 Å². The molecule has 3 N–H and O–H groups in total. The first-order valence-electron chi connectivity index (χ1n) is 9.11. The fourth-order valence-corrected chi connectivity index (χ4v) is 3.35. The number of nitrogens with zero attached hydrogens (tertiary/aromatic N) is 3. The molecular weight excluding hydrogens is 370 g/mol. The molecule has 1 aliphatic rings. The Morgan fingerprint density at radius 1 is 1.25 bits per heavy atom. The molecule has 0 radical (unpaired) electrons. The van der Waals surface area contributed by atoms with Crippen LogP contribution < -0.4 is 10.6 Å². The number of carbonyl (C=O) groups excluding carboxylic acids is 1. The SMILES string of the molecule is CCOC(=O)CC1CCN(c2cc(-c3cc(F)c(F)cc3O)nnc2N)CC1. The van der Waals surface area contributed by atoms with Gasteiger partial charge in [0.05, 0.1) is 18.0 Å². The van der Waals surface area contributed by atoms with E-state index in [9.17, 15) is 18.7 Å². The van der Waals surface area contributed by atoms with Gasteiger partial charge in [-0.3, -0.25) is 4.79 Å². The van der Waals surface area contributed by atoms with Crippen LogP contribution in [0.4, 0.5) is 20.3 Å². The lowest BCUT2D eigenvalue weighted by Crippen LogP contribution is -2.35. The molecule has 1 aliphatic heterocycles. The third kappa shape index (κ3) is 4.29. The van der Waals surface area contributed by atoms with Gasteiger partial charge in [-0.1, -0.05) is 0 Å². The van der Waals surface area contributed by atoms with Crippen molar-refractivity contribution in [3.63, 3.8) is 0 Å². The molecule has 0 saturated carbocycles. The number of nitrogen functional groups attached to an aromatic ring is 1. The van der Waals surface area contributed by atoms with E-state index in [0.29, 0.717) is 37.9 Å². The topological polar surface area (TPSA) is 102 Å². The summed E-state index contributed by atoms with van der Waals surface area (Å²) in [7, 11) is 0. The first kappa shape index (κ1) is 19.8. The molecule has 9 heteroatoms. The molecule has 2 heterocycles. The minimum Gasteiger partial charge on any atom is -0.507 e. The fraction of sp³-hybridized carbons (Fsp3) is 0.421. The van der Waals surface area contributed by atoms with Gasteiger partial charge in [0.15, 0.2) is 17.5 Å². The number of anilines is 2. The van der Waals surface area contributed by atoms with Crippen molar-refractivity contribution in [2.45, 2.75) is 26.2 Å². The zero-order chi connectivity index (χ0) is 20.3. The lowest BCUT2D eigenvalue weighted by atomic mass is 9.93. The van der Waals surface area contributed by atoms with Gasteiger partial charge >= 0.3 is 5.97 Å². The van der Waals surface area contributed by atoms with E-state index < -0.39 is 17.4 Å². The smallest absolute Gasteiger partial charge is 0.306 e. The number of aromatic hydroxyl groups is 1. The maximum absolute atomic E-state index is 13.6. The number of esters is 1. The molecule has 2 aromatic rings. The van der Waals surface area contributed by atoms with Gasteiger partial charge in [0.2, 0.25) is 0 Å². The van der Waals surface area contributed by atoms with Gasteiger partial charge in [0.1, 0.15) is 5.75 Å². The Morgan fingerprint density at radius 3 is 2.61 bits per heavy atom. The quantitative estimate of drug-likeness (QED) is 0.755. The standard InChI is InChI=1S/C19H22F2N4O3/c1-2-28-18(27)7-11-3-5-25(6-4-11)16-10-15(23-24-19(16)22)12-8-13(20)14(21)9-17(12)26/h8-11,26H,2-7H2,1H3,(H2,22,24). The zero-order valence-corrected chi connectivity index (χ0v) is 15.5. The number of rotatable bonds is 5. The van der Waals surface area contributed by atoms with Crippen LogP contribution in [0.1, 0.15) is 26.2 Å². The Labute approximate surface area is 161 Å². The highest BCUT2D eigenvalue weighted by atomic mass is 19.2. The summed E-state index contributed by atoms with van der Waals surface area (Å²) in [6.07, 6.45) is 1.96. The lowest BCUT2D eigenvalue weighted by molar-refractivity contribution is -0.144. The van der Waals surface area contributed by atoms with Crippen molar-refractivity contribution >= 4 is 17.5 Å². The molecule has 0 spiro atoms. The molecule has 1 aromatic heterocycles. The van der Waals surface area contributed by atoms with Gasteiger partial charge in [-0.2, -0.15) is 0 Å². The van der Waals surface area contributed by atoms with Gasteiger partial charge < -0.3 is 20.5 Å². The third-order valence-corrected chi connectivity index (χ3v) is 4.83. The van der Waals surface area contributed by atoms with Crippen molar-refractivity contribution in [2.24, 2.45) is 5.92 Å². The largest absolute Gasteiger partial charge is 0.507 e. The van der Waals surface area contributed by atoms with Gasteiger partial charge in [-0.25, -0.2) is 8.78 Å². The number of aromatic nitrogens is 2. The number of halogens is 2. The van der Waals surface area contributed by atoms with E-state index in [4.69, 9.17) is 10.5 Å². The van der Waals surface area contributed by atoms with E-state index in [1.54, 1.807) is 13.0 Å². The number of benzene rings is 1. The molecule has 0 aliphatic carbocycles. The van der Waals surface area contributed by atoms with Crippen molar-refractivity contribution in [3.05, 3.63) is 29.8 Å². The first-order chi connectivity index (χ1) is 13.4. The van der Waals surface area contributed by atoms with E-state index in [1.165, 1.54) is 0 Å². The Morgan fingerprint density at radius 2 is 1.93 bits per heavy atom. The number of nitrogens with two attached hydrogens (primary N) is 1. The summed E-state index contributed by atoms with van der Waals surface area (Å²) in [6, 6.07) is 3.17. The molecule has 0 bridgehead atoms. The van der Waals surface area contributed by atoms with E-state index in [-0.39, 0.29) is 29.0 Å². The van der Waals surface area contributed by atoms with Gasteiger partial charge in [0, 0.05) is 31.1 Å². The van der Waals surface area contributed by atoms with Gasteiger partial charge in [0.25, 0.3) is 0 Å². The minimum atomic E-state index is -1.14. The second-order valence-corrected chi connectivity index (χ2v) is 6.72. The van der Waals surface area contributed by atoms with Crippen LogP contribution in [0.5, 0.6) is 5.75 Å². The summed E-state index contributed by atoms with van der Waals surface area (Å²) in [4.78, 5) is 13.7. The fourth-order valence-electron chi connectivity index (χ4n) is 3.35. The zero-order valence-electron chi connectivity index (χ0n) is 15.5. The summed E-state index contributed by atoms with van der Waals surface area (Å²) in [6.45, 7) is 3.46. The number of hydrogen-bond donors (Lipinski definition) is 2. The first-order valence-corrected chi connectivity index (χ1v) is 9.11. The van der Waals surface area contributed by atoms with Crippen LogP contribution in [0.25, 0.3) is 11.3 Å². The number of ether oxygens (including phenoxy) is 1. The number of carbonyl (C=O) groups is 1. The monoisotopic (exact) mass is 392 g/mol. The van der Waals surface area contributed by atoms with Crippen molar-refractivity contribution in [3.8, 4) is 17.0 Å². The van der Waals surface area contributed by atoms with Crippen molar-refractivity contribution < 1.29 is 23.4 Å². The molecule has 1 fully saturated rings. The lowest BCUT2D eigenvalue weighted by Gasteiger charge is -2.33. The molecular formula is C19H22F2N4O3. The van der Waals surface area contributed by atoms with Crippen LogP contribution in [-0.2, 0) is 9.53 Å².